The summed E-state index contributed by atoms with van der Waals surface area (Å²) in [5.41, 5.74) is 5.08. The molecule has 0 bridgehead atoms. The number of piperidine rings is 1. The van der Waals surface area contributed by atoms with Crippen molar-refractivity contribution in [3.63, 3.8) is 0 Å². The smallest absolute Gasteiger partial charge is 0.368 e. The van der Waals surface area contributed by atoms with E-state index in [0.29, 0.717) is 25.8 Å². The highest BCUT2D eigenvalue weighted by Gasteiger charge is 2.44. The topological polar surface area (TPSA) is 75.4 Å². The predicted octanol–water partition coefficient (Wildman–Crippen LogP) is 0.783. The van der Waals surface area contributed by atoms with Gasteiger partial charge in [0.2, 0.25) is 12.3 Å². The van der Waals surface area contributed by atoms with E-state index in [9.17, 15) is 22.8 Å². The molecule has 116 valence electrons. The number of nitrogens with two attached hydrogens (primary N) is 1. The molecule has 0 aromatic heterocycles. The van der Waals surface area contributed by atoms with E-state index in [-0.39, 0.29) is 19.4 Å². The van der Waals surface area contributed by atoms with Crippen LogP contribution in [-0.4, -0.2) is 48.6 Å². The number of carbonyl (C=O) groups excluding carboxylic acids is 2. The normalized spacial score (nSPS) is 22.2. The first-order valence-electron chi connectivity index (χ1n) is 6.66. The molecule has 5 nitrogen and oxygen atoms in total. The van der Waals surface area contributed by atoms with Crippen molar-refractivity contribution in [1.29, 1.82) is 0 Å². The van der Waals surface area contributed by atoms with Gasteiger partial charge in [0.05, 0.1) is 0 Å². The number of likely N-dealkylation sites (tertiary alicyclic amines) is 1. The van der Waals surface area contributed by atoms with Crippen molar-refractivity contribution in [3.8, 4) is 0 Å². The van der Waals surface area contributed by atoms with Gasteiger partial charge >= 0.3 is 6.18 Å². The summed E-state index contributed by atoms with van der Waals surface area (Å²) in [5.74, 6) is -0.678. The van der Waals surface area contributed by atoms with Gasteiger partial charge in [-0.3, -0.25) is 14.5 Å². The summed E-state index contributed by atoms with van der Waals surface area (Å²) in [6, 6.07) is -2.22. The van der Waals surface area contributed by atoms with E-state index < -0.39 is 24.2 Å². The molecule has 3 N–H and O–H groups in total. The molecule has 1 unspecified atom stereocenters. The van der Waals surface area contributed by atoms with Crippen LogP contribution < -0.4 is 11.1 Å². The van der Waals surface area contributed by atoms with Crippen LogP contribution in [-0.2, 0) is 9.59 Å². The van der Waals surface area contributed by atoms with Gasteiger partial charge in [-0.2, -0.15) is 13.2 Å². The fourth-order valence-electron chi connectivity index (χ4n) is 2.52. The van der Waals surface area contributed by atoms with Gasteiger partial charge in [0.15, 0.2) is 0 Å². The Labute approximate surface area is 115 Å². The summed E-state index contributed by atoms with van der Waals surface area (Å²) in [4.78, 5) is 22.7. The summed E-state index contributed by atoms with van der Waals surface area (Å²) in [5, 5.41) is 2.27. The molecule has 8 heteroatoms. The number of carbonyl (C=O) groups is 2. The maximum Gasteiger partial charge on any atom is 0.404 e. The average Bonchev–Trinajstić information content (AvgIpc) is 2.37. The molecule has 2 amide bonds. The lowest BCUT2D eigenvalue weighted by atomic mass is 10.0. The van der Waals surface area contributed by atoms with E-state index >= 15 is 0 Å². The Hall–Kier alpha value is -1.31. The lowest BCUT2D eigenvalue weighted by Crippen LogP contribution is -2.49. The molecular weight excluding hydrogens is 275 g/mol. The van der Waals surface area contributed by atoms with Gasteiger partial charge < -0.3 is 11.1 Å². The maximum absolute atomic E-state index is 12.9. The number of nitrogens with one attached hydrogen (secondary N) is 1. The minimum atomic E-state index is -4.22. The number of halogens is 3. The third-order valence-corrected chi connectivity index (χ3v) is 3.54. The number of amides is 2. The first-order valence-corrected chi connectivity index (χ1v) is 6.66. The summed E-state index contributed by atoms with van der Waals surface area (Å²) in [6.45, 7) is 0.654. The number of primary amides is 1. The Morgan fingerprint density at radius 3 is 2.70 bits per heavy atom. The molecule has 1 fully saturated rings. The molecule has 1 heterocycles. The average molecular weight is 295 g/mol. The van der Waals surface area contributed by atoms with Crippen molar-refractivity contribution < 1.29 is 22.8 Å². The quantitative estimate of drug-likeness (QED) is 0.682. The maximum atomic E-state index is 12.9. The van der Waals surface area contributed by atoms with Gasteiger partial charge in [-0.05, 0) is 38.8 Å². The van der Waals surface area contributed by atoms with E-state index in [1.165, 1.54) is 4.90 Å². The third-order valence-electron chi connectivity index (χ3n) is 3.54. The standard InChI is InChI=1S/C12H20F3N3O2/c13-12(14,15)10-5-1-2-6-18(10)7-3-4-9(11(16)20)17-8-19/h8-10H,1-7H2,(H2,16,20)(H,17,19)/t9?,10-/m0/s1. The molecule has 2 atom stereocenters. The zero-order valence-corrected chi connectivity index (χ0v) is 11.2. The molecule has 1 rings (SSSR count). The van der Waals surface area contributed by atoms with E-state index in [0.717, 1.165) is 6.42 Å². The largest absolute Gasteiger partial charge is 0.404 e. The molecule has 1 aliphatic heterocycles. The lowest BCUT2D eigenvalue weighted by Gasteiger charge is -2.36. The molecular formula is C12H20F3N3O2. The van der Waals surface area contributed by atoms with Crippen LogP contribution in [0.2, 0.25) is 0 Å². The zero-order chi connectivity index (χ0) is 15.2. The van der Waals surface area contributed by atoms with Crippen LogP contribution in [0.25, 0.3) is 0 Å². The Balaban J connectivity index is 2.45. The lowest BCUT2D eigenvalue weighted by molar-refractivity contribution is -0.191. The second kappa shape index (κ2) is 7.47. The minimum absolute atomic E-state index is 0.120. The summed E-state index contributed by atoms with van der Waals surface area (Å²) >= 11 is 0. The SMILES string of the molecule is NC(=O)C(CCCN1CCCC[C@H]1C(F)(F)F)NC=O. The van der Waals surface area contributed by atoms with Crippen molar-refractivity contribution in [2.75, 3.05) is 13.1 Å². The first-order chi connectivity index (χ1) is 9.36. The van der Waals surface area contributed by atoms with Crippen molar-refractivity contribution in [1.82, 2.24) is 10.2 Å². The predicted molar refractivity (Wildman–Crippen MR) is 66.7 cm³/mol. The Kier molecular flexibility index (Phi) is 6.25. The highest BCUT2D eigenvalue weighted by Crippen LogP contribution is 2.31. The third kappa shape index (κ3) is 4.99. The fraction of sp³-hybridized carbons (Fsp3) is 0.833. The van der Waals surface area contributed by atoms with Gasteiger partial charge in [0.25, 0.3) is 0 Å². The Morgan fingerprint density at radius 2 is 2.15 bits per heavy atom. The van der Waals surface area contributed by atoms with Crippen LogP contribution in [0.4, 0.5) is 13.2 Å². The number of alkyl halides is 3. The molecule has 0 radical (unpaired) electrons. The summed E-state index contributed by atoms with van der Waals surface area (Å²) < 4.78 is 38.6. The summed E-state index contributed by atoms with van der Waals surface area (Å²) in [6.07, 6.45) is -1.78. The molecule has 20 heavy (non-hydrogen) atoms. The van der Waals surface area contributed by atoms with Gasteiger partial charge in [-0.25, -0.2) is 0 Å². The van der Waals surface area contributed by atoms with E-state index in [4.69, 9.17) is 5.73 Å². The fourth-order valence-corrected chi connectivity index (χ4v) is 2.52. The van der Waals surface area contributed by atoms with Crippen LogP contribution >= 0.6 is 0 Å². The van der Waals surface area contributed by atoms with Gasteiger partial charge in [0.1, 0.15) is 12.1 Å². The van der Waals surface area contributed by atoms with E-state index in [1.54, 1.807) is 0 Å². The Bertz CT molecular complexity index is 336. The minimum Gasteiger partial charge on any atom is -0.368 e. The van der Waals surface area contributed by atoms with Gasteiger partial charge in [-0.1, -0.05) is 6.42 Å². The first kappa shape index (κ1) is 16.7. The van der Waals surface area contributed by atoms with Gasteiger partial charge in [-0.15, -0.1) is 0 Å². The van der Waals surface area contributed by atoms with E-state index in [1.807, 2.05) is 0 Å². The molecule has 0 saturated carbocycles. The van der Waals surface area contributed by atoms with Crippen molar-refractivity contribution >= 4 is 12.3 Å². The van der Waals surface area contributed by atoms with Crippen LogP contribution in [0, 0.1) is 0 Å². The van der Waals surface area contributed by atoms with Gasteiger partial charge in [0, 0.05) is 0 Å². The highest BCUT2D eigenvalue weighted by molar-refractivity contribution is 5.81. The van der Waals surface area contributed by atoms with Crippen molar-refractivity contribution in [2.45, 2.75) is 50.4 Å². The number of nitrogens with zero attached hydrogens (tertiary/aromatic N) is 1. The number of rotatable bonds is 7. The van der Waals surface area contributed by atoms with Crippen LogP contribution in [0.5, 0.6) is 0 Å². The Morgan fingerprint density at radius 1 is 1.45 bits per heavy atom. The zero-order valence-electron chi connectivity index (χ0n) is 11.2. The van der Waals surface area contributed by atoms with Crippen LogP contribution in [0.15, 0.2) is 0 Å². The summed E-state index contributed by atoms with van der Waals surface area (Å²) in [7, 11) is 0. The molecule has 0 spiro atoms. The second-order valence-electron chi connectivity index (χ2n) is 4.97. The van der Waals surface area contributed by atoms with Crippen molar-refractivity contribution in [2.24, 2.45) is 5.73 Å². The molecule has 0 aromatic rings. The molecule has 1 aliphatic rings. The molecule has 0 aromatic carbocycles. The van der Waals surface area contributed by atoms with E-state index in [2.05, 4.69) is 5.32 Å². The second-order valence-corrected chi connectivity index (χ2v) is 4.97. The highest BCUT2D eigenvalue weighted by atomic mass is 19.4. The number of hydrogen-bond acceptors (Lipinski definition) is 3. The van der Waals surface area contributed by atoms with Crippen molar-refractivity contribution in [3.05, 3.63) is 0 Å². The number of hydrogen-bond donors (Lipinski definition) is 2. The monoisotopic (exact) mass is 295 g/mol. The molecule has 1 saturated heterocycles. The molecule has 0 aliphatic carbocycles. The van der Waals surface area contributed by atoms with Crippen LogP contribution in [0.3, 0.4) is 0 Å². The van der Waals surface area contributed by atoms with Crippen LogP contribution in [0.1, 0.15) is 32.1 Å².